The van der Waals surface area contributed by atoms with E-state index in [-0.39, 0.29) is 30.1 Å². The Labute approximate surface area is 151 Å². The lowest BCUT2D eigenvalue weighted by Gasteiger charge is -2.18. The number of hydrogen-bond acceptors (Lipinski definition) is 3. The smallest absolute Gasteiger partial charge is 0.387 e. The zero-order valence-corrected chi connectivity index (χ0v) is 14.5. The van der Waals surface area contributed by atoms with Crippen molar-refractivity contribution in [2.75, 3.05) is 0 Å². The molecule has 136 valence electrons. The molecule has 2 aromatic carbocycles. The minimum Gasteiger partial charge on any atom is -0.435 e. The van der Waals surface area contributed by atoms with Crippen LogP contribution in [0.4, 0.5) is 8.78 Å². The molecule has 25 heavy (non-hydrogen) atoms. The van der Waals surface area contributed by atoms with E-state index in [2.05, 4.69) is 10.1 Å². The average molecular weight is 371 g/mol. The quantitative estimate of drug-likeness (QED) is 0.784. The van der Waals surface area contributed by atoms with Gasteiger partial charge in [0.15, 0.2) is 0 Å². The summed E-state index contributed by atoms with van der Waals surface area (Å²) in [5, 5.41) is 2.79. The van der Waals surface area contributed by atoms with Gasteiger partial charge >= 0.3 is 6.61 Å². The van der Waals surface area contributed by atoms with Crippen molar-refractivity contribution in [1.29, 1.82) is 0 Å². The molecule has 0 aliphatic heterocycles. The molecule has 0 bridgehead atoms. The Morgan fingerprint density at radius 1 is 1.16 bits per heavy atom. The van der Waals surface area contributed by atoms with Gasteiger partial charge in [0.2, 0.25) is 5.91 Å². The molecule has 0 aliphatic rings. The first-order chi connectivity index (χ1) is 11.5. The van der Waals surface area contributed by atoms with Crippen LogP contribution in [-0.2, 0) is 11.2 Å². The zero-order chi connectivity index (χ0) is 17.5. The van der Waals surface area contributed by atoms with Crippen molar-refractivity contribution in [2.45, 2.75) is 32.0 Å². The predicted molar refractivity (Wildman–Crippen MR) is 95.0 cm³/mol. The largest absolute Gasteiger partial charge is 0.435 e. The number of ether oxygens (including phenoxy) is 1. The third-order valence-electron chi connectivity index (χ3n) is 3.58. The van der Waals surface area contributed by atoms with Gasteiger partial charge < -0.3 is 15.8 Å². The van der Waals surface area contributed by atoms with Crippen LogP contribution in [0, 0.1) is 0 Å². The molecule has 0 heterocycles. The third-order valence-corrected chi connectivity index (χ3v) is 3.58. The summed E-state index contributed by atoms with van der Waals surface area (Å²) >= 11 is 0. The van der Waals surface area contributed by atoms with E-state index in [4.69, 9.17) is 5.73 Å². The average Bonchev–Trinajstić information content (AvgIpc) is 2.55. The van der Waals surface area contributed by atoms with E-state index in [0.717, 1.165) is 5.56 Å². The molecule has 0 fully saturated rings. The zero-order valence-electron chi connectivity index (χ0n) is 13.7. The number of nitrogens with two attached hydrogens (primary N) is 1. The second-order valence-corrected chi connectivity index (χ2v) is 5.48. The van der Waals surface area contributed by atoms with Crippen molar-refractivity contribution in [2.24, 2.45) is 5.73 Å². The summed E-state index contributed by atoms with van der Waals surface area (Å²) < 4.78 is 28.9. The molecule has 2 rings (SSSR count). The standard InChI is InChI=1S/C18H20F2N2O2.ClH/c1-12(14-8-5-9-15(11-14)24-18(19)20)22-17(23)16(21)10-13-6-3-2-4-7-13;/h2-9,11-12,16,18H,10,21H2,1H3,(H,22,23);1H. The van der Waals surface area contributed by atoms with Crippen molar-refractivity contribution in [3.63, 3.8) is 0 Å². The van der Waals surface area contributed by atoms with E-state index in [0.29, 0.717) is 12.0 Å². The predicted octanol–water partition coefficient (Wildman–Crippen LogP) is 3.46. The molecule has 0 saturated heterocycles. The lowest BCUT2D eigenvalue weighted by Crippen LogP contribution is -2.42. The van der Waals surface area contributed by atoms with E-state index in [1.807, 2.05) is 30.3 Å². The monoisotopic (exact) mass is 370 g/mol. The number of nitrogens with one attached hydrogen (secondary N) is 1. The second-order valence-electron chi connectivity index (χ2n) is 5.48. The second kappa shape index (κ2) is 9.96. The lowest BCUT2D eigenvalue weighted by atomic mass is 10.0. The van der Waals surface area contributed by atoms with Crippen molar-refractivity contribution in [3.05, 3.63) is 65.7 Å². The van der Waals surface area contributed by atoms with Gasteiger partial charge in [0.25, 0.3) is 0 Å². The van der Waals surface area contributed by atoms with Crippen LogP contribution in [-0.4, -0.2) is 18.6 Å². The number of hydrogen-bond donors (Lipinski definition) is 2. The van der Waals surface area contributed by atoms with Crippen LogP contribution in [0.1, 0.15) is 24.1 Å². The highest BCUT2D eigenvalue weighted by molar-refractivity contribution is 5.85. The summed E-state index contributed by atoms with van der Waals surface area (Å²) in [7, 11) is 0. The van der Waals surface area contributed by atoms with Gasteiger partial charge in [0.1, 0.15) is 5.75 Å². The summed E-state index contributed by atoms with van der Waals surface area (Å²) in [5.41, 5.74) is 7.57. The Balaban J connectivity index is 0.00000312. The fourth-order valence-corrected chi connectivity index (χ4v) is 2.32. The first kappa shape index (κ1) is 20.9. The molecule has 0 aromatic heterocycles. The molecule has 2 unspecified atom stereocenters. The molecule has 0 saturated carbocycles. The van der Waals surface area contributed by atoms with Crippen LogP contribution in [0.5, 0.6) is 5.75 Å². The van der Waals surface area contributed by atoms with E-state index >= 15 is 0 Å². The molecule has 4 nitrogen and oxygen atoms in total. The van der Waals surface area contributed by atoms with Gasteiger partial charge in [0, 0.05) is 0 Å². The van der Waals surface area contributed by atoms with Crippen LogP contribution in [0.3, 0.4) is 0 Å². The van der Waals surface area contributed by atoms with Crippen molar-refractivity contribution >= 4 is 18.3 Å². The van der Waals surface area contributed by atoms with Gasteiger partial charge in [-0.1, -0.05) is 42.5 Å². The molecule has 3 N–H and O–H groups in total. The topological polar surface area (TPSA) is 64.4 Å². The number of halogens is 3. The minimum absolute atomic E-state index is 0. The fraction of sp³-hybridized carbons (Fsp3) is 0.278. The van der Waals surface area contributed by atoms with Gasteiger partial charge in [-0.25, -0.2) is 0 Å². The summed E-state index contributed by atoms with van der Waals surface area (Å²) in [6.45, 7) is -1.13. The van der Waals surface area contributed by atoms with E-state index in [1.165, 1.54) is 12.1 Å². The van der Waals surface area contributed by atoms with Crippen LogP contribution >= 0.6 is 12.4 Å². The molecule has 0 radical (unpaired) electrons. The number of alkyl halides is 2. The normalized spacial score (nSPS) is 12.8. The van der Waals surface area contributed by atoms with Gasteiger partial charge in [-0.05, 0) is 36.6 Å². The first-order valence-corrected chi connectivity index (χ1v) is 7.60. The van der Waals surface area contributed by atoms with Crippen LogP contribution in [0.15, 0.2) is 54.6 Å². The SMILES string of the molecule is CC(NC(=O)C(N)Cc1ccccc1)c1cccc(OC(F)F)c1.Cl. The Bertz CT molecular complexity index is 671. The maximum atomic E-state index is 12.3. The Kier molecular flexibility index (Phi) is 8.31. The van der Waals surface area contributed by atoms with Crippen molar-refractivity contribution in [3.8, 4) is 5.75 Å². The summed E-state index contributed by atoms with van der Waals surface area (Å²) in [6.07, 6.45) is 0.425. The maximum absolute atomic E-state index is 12.3. The van der Waals surface area contributed by atoms with E-state index < -0.39 is 12.7 Å². The Morgan fingerprint density at radius 3 is 2.48 bits per heavy atom. The highest BCUT2D eigenvalue weighted by atomic mass is 35.5. The summed E-state index contributed by atoms with van der Waals surface area (Å²) in [6, 6.07) is 14.6. The van der Waals surface area contributed by atoms with Gasteiger partial charge in [-0.3, -0.25) is 4.79 Å². The lowest BCUT2D eigenvalue weighted by molar-refractivity contribution is -0.123. The summed E-state index contributed by atoms with van der Waals surface area (Å²) in [4.78, 5) is 12.2. The Hall–Kier alpha value is -2.18. The number of amides is 1. The molecule has 7 heteroatoms. The molecule has 0 aliphatic carbocycles. The van der Waals surface area contributed by atoms with Crippen LogP contribution in [0.2, 0.25) is 0 Å². The number of carbonyl (C=O) groups excluding carboxylic acids is 1. The first-order valence-electron chi connectivity index (χ1n) is 7.60. The van der Waals surface area contributed by atoms with Gasteiger partial charge in [-0.2, -0.15) is 8.78 Å². The van der Waals surface area contributed by atoms with Gasteiger partial charge in [0.05, 0.1) is 12.1 Å². The molecule has 0 spiro atoms. The fourth-order valence-electron chi connectivity index (χ4n) is 2.32. The van der Waals surface area contributed by atoms with Crippen LogP contribution < -0.4 is 15.8 Å². The van der Waals surface area contributed by atoms with E-state index in [1.54, 1.807) is 19.1 Å². The maximum Gasteiger partial charge on any atom is 0.387 e. The number of carbonyl (C=O) groups is 1. The third kappa shape index (κ3) is 6.68. The molecule has 2 aromatic rings. The summed E-state index contributed by atoms with van der Waals surface area (Å²) in [5.74, 6) is -0.247. The molecule has 1 amide bonds. The molecule has 2 atom stereocenters. The Morgan fingerprint density at radius 2 is 1.84 bits per heavy atom. The number of rotatable bonds is 7. The van der Waals surface area contributed by atoms with Gasteiger partial charge in [-0.15, -0.1) is 12.4 Å². The van der Waals surface area contributed by atoms with Crippen LogP contribution in [0.25, 0.3) is 0 Å². The van der Waals surface area contributed by atoms with Crippen molar-refractivity contribution in [1.82, 2.24) is 5.32 Å². The van der Waals surface area contributed by atoms with Crippen molar-refractivity contribution < 1.29 is 18.3 Å². The highest BCUT2D eigenvalue weighted by Crippen LogP contribution is 2.20. The molecular weight excluding hydrogens is 350 g/mol. The molecular formula is C18H21ClF2N2O2. The number of benzene rings is 2. The van der Waals surface area contributed by atoms with E-state index in [9.17, 15) is 13.6 Å². The minimum atomic E-state index is -2.88. The highest BCUT2D eigenvalue weighted by Gasteiger charge is 2.17.